The summed E-state index contributed by atoms with van der Waals surface area (Å²) in [5.41, 5.74) is 9.04. The third kappa shape index (κ3) is 2.91. The van der Waals surface area contributed by atoms with Gasteiger partial charge in [0.25, 0.3) is 5.56 Å². The smallest absolute Gasteiger partial charge is 0.261 e. The van der Waals surface area contributed by atoms with Gasteiger partial charge in [0.1, 0.15) is 17.2 Å². The van der Waals surface area contributed by atoms with Crippen molar-refractivity contribution in [3.8, 4) is 11.4 Å². The van der Waals surface area contributed by atoms with Crippen LogP contribution in [-0.4, -0.2) is 52.6 Å². The van der Waals surface area contributed by atoms with Crippen molar-refractivity contribution in [3.05, 3.63) is 52.6 Å². The summed E-state index contributed by atoms with van der Waals surface area (Å²) in [6, 6.07) is 11.0. The lowest BCUT2D eigenvalue weighted by Gasteiger charge is -2.39. The molecule has 30 heavy (non-hydrogen) atoms. The molecule has 2 aromatic carbocycles. The van der Waals surface area contributed by atoms with Gasteiger partial charge in [-0.3, -0.25) is 4.79 Å². The number of nitrogens with two attached hydrogens (primary N) is 1. The Balaban J connectivity index is 1.60. The average molecular weight is 406 g/mol. The highest BCUT2D eigenvalue weighted by atomic mass is 19.1. The van der Waals surface area contributed by atoms with Crippen LogP contribution in [-0.2, 0) is 0 Å². The lowest BCUT2D eigenvalue weighted by atomic mass is 10.1. The Kier molecular flexibility index (Phi) is 4.25. The zero-order chi connectivity index (χ0) is 21.0. The number of pyridine rings is 1. The molecule has 1 aliphatic rings. The van der Waals surface area contributed by atoms with E-state index >= 15 is 0 Å². The van der Waals surface area contributed by atoms with Crippen LogP contribution >= 0.6 is 0 Å². The molecule has 7 nitrogen and oxygen atoms in total. The van der Waals surface area contributed by atoms with Crippen molar-refractivity contribution in [2.45, 2.75) is 13.0 Å². The van der Waals surface area contributed by atoms with Crippen LogP contribution in [0.15, 0.2) is 41.2 Å². The van der Waals surface area contributed by atoms with Crippen LogP contribution in [0, 0.1) is 5.82 Å². The van der Waals surface area contributed by atoms with Crippen LogP contribution in [0.5, 0.6) is 0 Å². The molecule has 2 aromatic heterocycles. The molecule has 1 aliphatic heterocycles. The van der Waals surface area contributed by atoms with Crippen LogP contribution in [0.25, 0.3) is 33.3 Å². The SMILES string of the molecule is C[C@H]1CN(c2ccc3nc(-c4c(N)c5c(F)cccc5[nH]c4=O)[nH]c3c2)CCN1C. The number of hydrogen-bond donors (Lipinski definition) is 3. The summed E-state index contributed by atoms with van der Waals surface area (Å²) < 4.78 is 14.4. The second-order valence-electron chi connectivity index (χ2n) is 7.97. The van der Waals surface area contributed by atoms with E-state index in [2.05, 4.69) is 38.7 Å². The summed E-state index contributed by atoms with van der Waals surface area (Å²) in [4.78, 5) is 27.8. The number of anilines is 2. The number of aromatic nitrogens is 3. The second-order valence-corrected chi connectivity index (χ2v) is 7.97. The van der Waals surface area contributed by atoms with Gasteiger partial charge >= 0.3 is 0 Å². The van der Waals surface area contributed by atoms with Crippen LogP contribution in [0.1, 0.15) is 6.92 Å². The molecule has 0 radical (unpaired) electrons. The van der Waals surface area contributed by atoms with Crippen molar-refractivity contribution in [3.63, 3.8) is 0 Å². The minimum Gasteiger partial charge on any atom is -0.397 e. The fraction of sp³-hybridized carbons (Fsp3) is 0.273. The summed E-state index contributed by atoms with van der Waals surface area (Å²) >= 11 is 0. The molecule has 5 rings (SSSR count). The number of fused-ring (bicyclic) bond motifs is 2. The Labute approximate surface area is 172 Å². The number of likely N-dealkylation sites (N-methyl/N-ethyl adjacent to an activating group) is 1. The van der Waals surface area contributed by atoms with Crippen LogP contribution < -0.4 is 16.2 Å². The number of H-pyrrole nitrogens is 2. The molecule has 1 saturated heterocycles. The average Bonchev–Trinajstić information content (AvgIpc) is 3.12. The Morgan fingerprint density at radius 3 is 2.80 bits per heavy atom. The van der Waals surface area contributed by atoms with Gasteiger partial charge in [0.05, 0.1) is 27.6 Å². The maximum absolute atomic E-state index is 14.4. The predicted octanol–water partition coefficient (Wildman–Crippen LogP) is 2.93. The molecule has 0 unspecified atom stereocenters. The number of nitrogens with one attached hydrogen (secondary N) is 2. The fourth-order valence-corrected chi connectivity index (χ4v) is 4.16. The lowest BCUT2D eigenvalue weighted by molar-refractivity contribution is 0.234. The van der Waals surface area contributed by atoms with Crippen LogP contribution in [0.2, 0.25) is 0 Å². The van der Waals surface area contributed by atoms with Crippen molar-refractivity contribution in [1.82, 2.24) is 19.9 Å². The predicted molar refractivity (Wildman–Crippen MR) is 118 cm³/mol. The number of rotatable bonds is 2. The van der Waals surface area contributed by atoms with E-state index in [0.717, 1.165) is 36.4 Å². The van der Waals surface area contributed by atoms with Crippen LogP contribution in [0.4, 0.5) is 15.8 Å². The van der Waals surface area contributed by atoms with E-state index in [0.29, 0.717) is 17.4 Å². The van der Waals surface area contributed by atoms with Gasteiger partial charge in [0, 0.05) is 31.4 Å². The van der Waals surface area contributed by atoms with E-state index in [1.807, 2.05) is 18.2 Å². The maximum Gasteiger partial charge on any atom is 0.261 e. The van der Waals surface area contributed by atoms with Crippen molar-refractivity contribution >= 4 is 33.3 Å². The summed E-state index contributed by atoms with van der Waals surface area (Å²) in [6.45, 7) is 5.11. The number of halogens is 1. The Bertz CT molecular complexity index is 1330. The minimum atomic E-state index is -0.481. The van der Waals surface area contributed by atoms with E-state index in [4.69, 9.17) is 5.73 Å². The standard InChI is InChI=1S/C22H23FN6O/c1-12-11-29(9-8-28(12)2)13-6-7-15-17(10-13)26-21(25-15)19-20(24)18-14(23)4-3-5-16(18)27-22(19)30/h3-7,10,12H,8-9,11H2,1-2H3,(H,25,26)(H3,24,27,30)/t12-/m0/s1. The molecule has 4 N–H and O–H groups in total. The van der Waals surface area contributed by atoms with E-state index < -0.39 is 11.4 Å². The summed E-state index contributed by atoms with van der Waals surface area (Å²) in [7, 11) is 2.14. The molecule has 0 amide bonds. The molecule has 0 saturated carbocycles. The second kappa shape index (κ2) is 6.84. The molecule has 154 valence electrons. The quantitative estimate of drug-likeness (QED) is 0.476. The normalized spacial score (nSPS) is 17.8. The summed E-state index contributed by atoms with van der Waals surface area (Å²) in [5.74, 6) is -0.150. The molecule has 4 aromatic rings. The first-order valence-corrected chi connectivity index (χ1v) is 9.97. The van der Waals surface area contributed by atoms with Crippen molar-refractivity contribution in [2.75, 3.05) is 37.3 Å². The van der Waals surface area contributed by atoms with Crippen molar-refractivity contribution in [2.24, 2.45) is 0 Å². The molecule has 1 fully saturated rings. The number of aromatic amines is 2. The van der Waals surface area contributed by atoms with Crippen molar-refractivity contribution < 1.29 is 4.39 Å². The number of nitrogen functional groups attached to an aromatic ring is 1. The molecule has 0 spiro atoms. The molecule has 3 heterocycles. The highest BCUT2D eigenvalue weighted by molar-refractivity contribution is 5.98. The van der Waals surface area contributed by atoms with Gasteiger partial charge in [0.15, 0.2) is 0 Å². The van der Waals surface area contributed by atoms with E-state index in [9.17, 15) is 9.18 Å². The first kappa shape index (κ1) is 18.6. The molecule has 0 aliphatic carbocycles. The van der Waals surface area contributed by atoms with Crippen molar-refractivity contribution in [1.29, 1.82) is 0 Å². The number of nitrogens with zero attached hydrogens (tertiary/aromatic N) is 3. The lowest BCUT2D eigenvalue weighted by Crippen LogP contribution is -2.50. The van der Waals surface area contributed by atoms with Gasteiger partial charge in [-0.2, -0.15) is 0 Å². The molecular formula is C22H23FN6O. The van der Waals surface area contributed by atoms with E-state index in [1.54, 1.807) is 6.07 Å². The molecule has 1 atom stereocenters. The van der Waals surface area contributed by atoms with Gasteiger partial charge in [-0.15, -0.1) is 0 Å². The molecular weight excluding hydrogens is 383 g/mol. The maximum atomic E-state index is 14.4. The Morgan fingerprint density at radius 2 is 2.00 bits per heavy atom. The van der Waals surface area contributed by atoms with Gasteiger partial charge in [-0.05, 0) is 44.3 Å². The van der Waals surface area contributed by atoms with Gasteiger partial charge in [0.2, 0.25) is 0 Å². The largest absolute Gasteiger partial charge is 0.397 e. The topological polar surface area (TPSA) is 94.0 Å². The van der Waals surface area contributed by atoms with E-state index in [-0.39, 0.29) is 16.6 Å². The third-order valence-electron chi connectivity index (χ3n) is 6.05. The summed E-state index contributed by atoms with van der Waals surface area (Å²) in [5, 5.41) is 0.194. The van der Waals surface area contributed by atoms with Gasteiger partial charge in [-0.25, -0.2) is 9.37 Å². The number of benzene rings is 2. The zero-order valence-corrected chi connectivity index (χ0v) is 16.9. The highest BCUT2D eigenvalue weighted by Gasteiger charge is 2.22. The number of piperazine rings is 1. The van der Waals surface area contributed by atoms with Crippen LogP contribution in [0.3, 0.4) is 0 Å². The summed E-state index contributed by atoms with van der Waals surface area (Å²) in [6.07, 6.45) is 0. The Hall–Kier alpha value is -3.39. The van der Waals surface area contributed by atoms with E-state index in [1.165, 1.54) is 12.1 Å². The highest BCUT2D eigenvalue weighted by Crippen LogP contribution is 2.31. The van der Waals surface area contributed by atoms with Gasteiger partial charge in [-0.1, -0.05) is 6.07 Å². The molecule has 8 heteroatoms. The third-order valence-corrected chi connectivity index (χ3v) is 6.05. The zero-order valence-electron chi connectivity index (χ0n) is 16.9. The molecule has 0 bridgehead atoms. The number of hydrogen-bond acceptors (Lipinski definition) is 5. The first-order valence-electron chi connectivity index (χ1n) is 9.97. The monoisotopic (exact) mass is 406 g/mol. The number of imidazole rings is 1. The Morgan fingerprint density at radius 1 is 1.17 bits per heavy atom. The first-order chi connectivity index (χ1) is 14.4. The van der Waals surface area contributed by atoms with Gasteiger partial charge < -0.3 is 25.5 Å². The fourth-order valence-electron chi connectivity index (χ4n) is 4.16. The minimum absolute atomic E-state index is 0.0824.